The molecule has 2 heteroatoms. The van der Waals surface area contributed by atoms with Gasteiger partial charge in [-0.3, -0.25) is 0 Å². The second-order valence-corrected chi connectivity index (χ2v) is 4.10. The molecule has 1 aliphatic carbocycles. The number of allylic oxidation sites excluding steroid dienone is 1. The topological polar surface area (TPSA) is 15.3 Å². The Morgan fingerprint density at radius 3 is 2.85 bits per heavy atom. The third-order valence-electron chi connectivity index (χ3n) is 3.09. The van der Waals surface area contributed by atoms with Gasteiger partial charge in [-0.05, 0) is 25.7 Å². The maximum absolute atomic E-state index is 3.39. The van der Waals surface area contributed by atoms with E-state index >= 15 is 0 Å². The van der Waals surface area contributed by atoms with Crippen molar-refractivity contribution in [1.82, 2.24) is 10.2 Å². The lowest BCUT2D eigenvalue weighted by atomic mass is 10.1. The molecule has 0 bridgehead atoms. The molecule has 1 fully saturated rings. The summed E-state index contributed by atoms with van der Waals surface area (Å²) in [4.78, 5) is 2.58. The van der Waals surface area contributed by atoms with Gasteiger partial charge in [0.1, 0.15) is 0 Å². The molecule has 2 nitrogen and oxygen atoms in total. The van der Waals surface area contributed by atoms with Crippen molar-refractivity contribution in [2.75, 3.05) is 32.7 Å². The van der Waals surface area contributed by atoms with Crippen molar-refractivity contribution in [3.63, 3.8) is 0 Å². The van der Waals surface area contributed by atoms with E-state index in [9.17, 15) is 0 Å². The van der Waals surface area contributed by atoms with Gasteiger partial charge in [-0.1, -0.05) is 11.6 Å². The Labute approximate surface area is 81.0 Å². The van der Waals surface area contributed by atoms with Crippen molar-refractivity contribution in [3.05, 3.63) is 11.6 Å². The minimum Gasteiger partial charge on any atom is -0.314 e. The van der Waals surface area contributed by atoms with E-state index in [1.54, 1.807) is 5.57 Å². The number of nitrogens with zero attached hydrogens (tertiary/aromatic N) is 1. The molecule has 1 aliphatic heterocycles. The van der Waals surface area contributed by atoms with Crippen LogP contribution in [0.25, 0.3) is 0 Å². The average Bonchev–Trinajstić information content (AvgIpc) is 2.69. The van der Waals surface area contributed by atoms with Crippen molar-refractivity contribution >= 4 is 0 Å². The minimum atomic E-state index is 1.18. The van der Waals surface area contributed by atoms with E-state index in [2.05, 4.69) is 16.3 Å². The van der Waals surface area contributed by atoms with E-state index in [0.717, 1.165) is 0 Å². The van der Waals surface area contributed by atoms with Crippen LogP contribution in [0, 0.1) is 0 Å². The van der Waals surface area contributed by atoms with Gasteiger partial charge in [0, 0.05) is 32.7 Å². The summed E-state index contributed by atoms with van der Waals surface area (Å²) in [6, 6.07) is 0. The molecule has 0 aromatic heterocycles. The van der Waals surface area contributed by atoms with Gasteiger partial charge in [0.25, 0.3) is 0 Å². The first-order chi connectivity index (χ1) is 6.45. The van der Waals surface area contributed by atoms with E-state index in [1.165, 1.54) is 58.4 Å². The number of piperazine rings is 1. The Morgan fingerprint density at radius 1 is 1.31 bits per heavy atom. The van der Waals surface area contributed by atoms with Gasteiger partial charge >= 0.3 is 0 Å². The minimum absolute atomic E-state index is 1.18. The van der Waals surface area contributed by atoms with E-state index in [1.807, 2.05) is 0 Å². The van der Waals surface area contributed by atoms with Gasteiger partial charge in [-0.2, -0.15) is 0 Å². The third-order valence-corrected chi connectivity index (χ3v) is 3.09. The normalized spacial score (nSPS) is 24.8. The van der Waals surface area contributed by atoms with Crippen LogP contribution >= 0.6 is 0 Å². The van der Waals surface area contributed by atoms with Crippen LogP contribution in [0.5, 0.6) is 0 Å². The van der Waals surface area contributed by atoms with Crippen LogP contribution in [0.15, 0.2) is 11.6 Å². The predicted octanol–water partition coefficient (Wildman–Crippen LogP) is 1.39. The summed E-state index contributed by atoms with van der Waals surface area (Å²) in [5.74, 6) is 0. The first-order valence-corrected chi connectivity index (χ1v) is 5.56. The zero-order valence-electron chi connectivity index (χ0n) is 8.39. The van der Waals surface area contributed by atoms with Crippen molar-refractivity contribution < 1.29 is 0 Å². The van der Waals surface area contributed by atoms with Gasteiger partial charge in [0.15, 0.2) is 0 Å². The van der Waals surface area contributed by atoms with E-state index in [-0.39, 0.29) is 0 Å². The first kappa shape index (κ1) is 9.22. The molecule has 2 aliphatic rings. The zero-order chi connectivity index (χ0) is 8.93. The van der Waals surface area contributed by atoms with Gasteiger partial charge < -0.3 is 10.2 Å². The molecule has 13 heavy (non-hydrogen) atoms. The van der Waals surface area contributed by atoms with Crippen molar-refractivity contribution in [2.24, 2.45) is 0 Å². The monoisotopic (exact) mass is 180 g/mol. The van der Waals surface area contributed by atoms with Crippen LogP contribution in [0.3, 0.4) is 0 Å². The lowest BCUT2D eigenvalue weighted by Crippen LogP contribution is -2.43. The average molecular weight is 180 g/mol. The van der Waals surface area contributed by atoms with Gasteiger partial charge in [0.05, 0.1) is 0 Å². The summed E-state index contributed by atoms with van der Waals surface area (Å²) in [5, 5.41) is 3.39. The van der Waals surface area contributed by atoms with Gasteiger partial charge in [0.2, 0.25) is 0 Å². The lowest BCUT2D eigenvalue weighted by Gasteiger charge is -2.27. The fourth-order valence-electron chi connectivity index (χ4n) is 2.20. The second kappa shape index (κ2) is 4.77. The van der Waals surface area contributed by atoms with E-state index in [4.69, 9.17) is 0 Å². The van der Waals surface area contributed by atoms with Crippen molar-refractivity contribution in [3.8, 4) is 0 Å². The SMILES string of the molecule is C1=C(CCN2CCNCC2)CCC1. The molecule has 0 aromatic carbocycles. The lowest BCUT2D eigenvalue weighted by molar-refractivity contribution is 0.243. The second-order valence-electron chi connectivity index (χ2n) is 4.10. The van der Waals surface area contributed by atoms with Gasteiger partial charge in [-0.25, -0.2) is 0 Å². The maximum atomic E-state index is 3.39. The fourth-order valence-corrected chi connectivity index (χ4v) is 2.20. The Morgan fingerprint density at radius 2 is 2.15 bits per heavy atom. The summed E-state index contributed by atoms with van der Waals surface area (Å²) in [6.45, 7) is 6.13. The number of nitrogens with one attached hydrogen (secondary N) is 1. The molecule has 0 radical (unpaired) electrons. The third kappa shape index (κ3) is 2.82. The number of rotatable bonds is 3. The highest BCUT2D eigenvalue weighted by Crippen LogP contribution is 2.20. The van der Waals surface area contributed by atoms with Crippen LogP contribution in [0.4, 0.5) is 0 Å². The predicted molar refractivity (Wildman–Crippen MR) is 55.9 cm³/mol. The van der Waals surface area contributed by atoms with Crippen LogP contribution in [-0.2, 0) is 0 Å². The molecule has 1 saturated heterocycles. The standard InChI is InChI=1S/C11H20N2/c1-2-4-11(3-1)5-8-13-9-6-12-7-10-13/h3,12H,1-2,4-10H2. The van der Waals surface area contributed by atoms with Crippen molar-refractivity contribution in [2.45, 2.75) is 25.7 Å². The molecule has 1 heterocycles. The Bertz CT molecular complexity index is 181. The zero-order valence-corrected chi connectivity index (χ0v) is 8.39. The molecule has 0 spiro atoms. The quantitative estimate of drug-likeness (QED) is 0.660. The molecule has 74 valence electrons. The van der Waals surface area contributed by atoms with E-state index < -0.39 is 0 Å². The summed E-state index contributed by atoms with van der Waals surface area (Å²) >= 11 is 0. The molecule has 0 aromatic rings. The Kier molecular flexibility index (Phi) is 3.39. The molecule has 2 rings (SSSR count). The number of hydrogen-bond donors (Lipinski definition) is 1. The summed E-state index contributed by atoms with van der Waals surface area (Å²) < 4.78 is 0. The summed E-state index contributed by atoms with van der Waals surface area (Å²) in [7, 11) is 0. The van der Waals surface area contributed by atoms with Crippen LogP contribution in [0.2, 0.25) is 0 Å². The maximum Gasteiger partial charge on any atom is 0.0107 e. The van der Waals surface area contributed by atoms with Gasteiger partial charge in [-0.15, -0.1) is 0 Å². The highest BCUT2D eigenvalue weighted by molar-refractivity contribution is 5.07. The summed E-state index contributed by atoms with van der Waals surface area (Å²) in [6.07, 6.45) is 7.86. The van der Waals surface area contributed by atoms with Crippen molar-refractivity contribution in [1.29, 1.82) is 0 Å². The van der Waals surface area contributed by atoms with Crippen LogP contribution in [0.1, 0.15) is 25.7 Å². The fraction of sp³-hybridized carbons (Fsp3) is 0.818. The summed E-state index contributed by atoms with van der Waals surface area (Å²) in [5.41, 5.74) is 1.71. The Hall–Kier alpha value is -0.340. The molecule has 0 atom stereocenters. The number of hydrogen-bond acceptors (Lipinski definition) is 2. The molecule has 0 saturated carbocycles. The molecule has 1 N–H and O–H groups in total. The van der Waals surface area contributed by atoms with Crippen LogP contribution in [-0.4, -0.2) is 37.6 Å². The highest BCUT2D eigenvalue weighted by atomic mass is 15.2. The molecular formula is C11H20N2. The molecular weight excluding hydrogens is 160 g/mol. The smallest absolute Gasteiger partial charge is 0.0107 e. The van der Waals surface area contributed by atoms with Crippen LogP contribution < -0.4 is 5.32 Å². The highest BCUT2D eigenvalue weighted by Gasteiger charge is 2.10. The molecule has 0 amide bonds. The molecule has 0 unspecified atom stereocenters. The Balaban J connectivity index is 1.66. The van der Waals surface area contributed by atoms with E-state index in [0.29, 0.717) is 0 Å². The largest absolute Gasteiger partial charge is 0.314 e. The first-order valence-electron chi connectivity index (χ1n) is 5.56.